The summed E-state index contributed by atoms with van der Waals surface area (Å²) in [6.45, 7) is 2.40. The minimum absolute atomic E-state index is 0. The summed E-state index contributed by atoms with van der Waals surface area (Å²) in [5.41, 5.74) is 6.32. The van der Waals surface area contributed by atoms with Crippen molar-refractivity contribution in [3.05, 3.63) is 28.2 Å². The maximum Gasteiger partial charge on any atom is 0.228 e. The quantitative estimate of drug-likeness (QED) is 0.859. The first kappa shape index (κ1) is 19.3. The Morgan fingerprint density at radius 1 is 1.21 bits per heavy atom. The van der Waals surface area contributed by atoms with Crippen LogP contribution in [0.3, 0.4) is 0 Å². The molecule has 0 spiro atoms. The minimum atomic E-state index is -0.309. The van der Waals surface area contributed by atoms with Crippen LogP contribution in [0.2, 0.25) is 10.0 Å². The first-order valence-corrected chi connectivity index (χ1v) is 8.49. The highest BCUT2D eigenvalue weighted by Gasteiger charge is 2.39. The average Bonchev–Trinajstić information content (AvgIpc) is 3.12. The van der Waals surface area contributed by atoms with Gasteiger partial charge >= 0.3 is 0 Å². The zero-order valence-electron chi connectivity index (χ0n) is 13.1. The fraction of sp³-hybridized carbons (Fsp3) is 0.500. The molecule has 2 atom stereocenters. The molecule has 5 nitrogen and oxygen atoms in total. The Balaban J connectivity index is 0.00000208. The molecule has 1 aromatic rings. The molecule has 2 unspecified atom stereocenters. The van der Waals surface area contributed by atoms with Crippen molar-refractivity contribution in [2.24, 2.45) is 17.6 Å². The summed E-state index contributed by atoms with van der Waals surface area (Å²) in [5.74, 6) is 0.0388. The molecule has 2 N–H and O–H groups in total. The molecule has 0 bridgehead atoms. The van der Waals surface area contributed by atoms with Gasteiger partial charge in [-0.05, 0) is 37.1 Å². The van der Waals surface area contributed by atoms with Gasteiger partial charge in [0.05, 0.1) is 5.92 Å². The third-order valence-corrected chi connectivity index (χ3v) is 5.00. The predicted octanol–water partition coefficient (Wildman–Crippen LogP) is 2.58. The molecular formula is C16H20Cl3N3O2. The molecule has 8 heteroatoms. The van der Waals surface area contributed by atoms with Crippen LogP contribution in [0.5, 0.6) is 0 Å². The van der Waals surface area contributed by atoms with Gasteiger partial charge in [-0.3, -0.25) is 9.59 Å². The van der Waals surface area contributed by atoms with Crippen LogP contribution in [0.15, 0.2) is 18.2 Å². The van der Waals surface area contributed by atoms with Crippen LogP contribution in [-0.4, -0.2) is 42.9 Å². The van der Waals surface area contributed by atoms with Crippen LogP contribution in [-0.2, 0) is 9.59 Å². The van der Waals surface area contributed by atoms with E-state index in [0.29, 0.717) is 41.3 Å². The minimum Gasteiger partial charge on any atom is -0.342 e. The van der Waals surface area contributed by atoms with E-state index in [4.69, 9.17) is 28.9 Å². The zero-order valence-corrected chi connectivity index (χ0v) is 15.4. The average molecular weight is 393 g/mol. The highest BCUT2D eigenvalue weighted by atomic mass is 35.5. The molecule has 2 aliphatic rings. The number of benzene rings is 1. The lowest BCUT2D eigenvalue weighted by atomic mass is 10.1. The molecule has 0 saturated carbocycles. The van der Waals surface area contributed by atoms with Crippen molar-refractivity contribution < 1.29 is 9.59 Å². The number of carbonyl (C=O) groups is 2. The Morgan fingerprint density at radius 2 is 1.88 bits per heavy atom. The van der Waals surface area contributed by atoms with Crippen LogP contribution in [0.25, 0.3) is 0 Å². The summed E-state index contributed by atoms with van der Waals surface area (Å²) in [6, 6.07) is 5.00. The highest BCUT2D eigenvalue weighted by Crippen LogP contribution is 2.31. The first-order valence-electron chi connectivity index (χ1n) is 7.73. The Labute approximate surface area is 157 Å². The van der Waals surface area contributed by atoms with Gasteiger partial charge in [0.15, 0.2) is 0 Å². The van der Waals surface area contributed by atoms with Crippen molar-refractivity contribution in [2.75, 3.05) is 31.1 Å². The van der Waals surface area contributed by atoms with Crippen molar-refractivity contribution in [3.63, 3.8) is 0 Å². The smallest absolute Gasteiger partial charge is 0.228 e. The normalized spacial score (nSPS) is 23.5. The number of likely N-dealkylation sites (tertiary alicyclic amines) is 1. The Kier molecular flexibility index (Phi) is 6.37. The molecule has 0 radical (unpaired) electrons. The van der Waals surface area contributed by atoms with Gasteiger partial charge in [-0.1, -0.05) is 23.2 Å². The number of anilines is 1. The number of nitrogens with two attached hydrogens (primary N) is 1. The van der Waals surface area contributed by atoms with Gasteiger partial charge in [-0.25, -0.2) is 0 Å². The molecule has 0 aliphatic carbocycles. The van der Waals surface area contributed by atoms with Gasteiger partial charge in [-0.2, -0.15) is 0 Å². The number of halogens is 3. The zero-order chi connectivity index (χ0) is 16.6. The largest absolute Gasteiger partial charge is 0.342 e. The third-order valence-electron chi connectivity index (χ3n) is 4.56. The molecule has 3 rings (SSSR count). The van der Waals surface area contributed by atoms with Crippen LogP contribution in [0.1, 0.15) is 12.8 Å². The molecule has 2 amide bonds. The standard InChI is InChI=1S/C16H19Cl2N3O2.ClH/c17-12-4-13(18)6-14(5-12)21-9-11(3-15(21)22)16(23)20-2-1-10(7-19)8-20;/h4-6,10-11H,1-3,7-9,19H2;1H. The molecule has 24 heavy (non-hydrogen) atoms. The fourth-order valence-electron chi connectivity index (χ4n) is 3.30. The van der Waals surface area contributed by atoms with E-state index in [0.717, 1.165) is 13.0 Å². The SMILES string of the molecule is Cl.NCC1CCN(C(=O)C2CC(=O)N(c3cc(Cl)cc(Cl)c3)C2)C1. The second kappa shape index (κ2) is 7.91. The highest BCUT2D eigenvalue weighted by molar-refractivity contribution is 6.35. The van der Waals surface area contributed by atoms with Crippen molar-refractivity contribution in [1.82, 2.24) is 4.90 Å². The molecule has 2 fully saturated rings. The van der Waals surface area contributed by atoms with Crippen LogP contribution < -0.4 is 10.6 Å². The summed E-state index contributed by atoms with van der Waals surface area (Å²) >= 11 is 12.0. The van der Waals surface area contributed by atoms with Crippen LogP contribution in [0.4, 0.5) is 5.69 Å². The van der Waals surface area contributed by atoms with Gasteiger partial charge in [0.25, 0.3) is 0 Å². The van der Waals surface area contributed by atoms with E-state index in [-0.39, 0.29) is 36.6 Å². The lowest BCUT2D eigenvalue weighted by Crippen LogP contribution is -2.36. The number of nitrogens with zero attached hydrogens (tertiary/aromatic N) is 2. The van der Waals surface area contributed by atoms with Gasteiger partial charge < -0.3 is 15.5 Å². The maximum absolute atomic E-state index is 12.6. The topological polar surface area (TPSA) is 66.6 Å². The van der Waals surface area contributed by atoms with E-state index in [1.165, 1.54) is 0 Å². The van der Waals surface area contributed by atoms with Gasteiger partial charge in [0, 0.05) is 41.8 Å². The van der Waals surface area contributed by atoms with E-state index >= 15 is 0 Å². The van der Waals surface area contributed by atoms with E-state index in [9.17, 15) is 9.59 Å². The molecule has 2 saturated heterocycles. The lowest BCUT2D eigenvalue weighted by molar-refractivity contribution is -0.134. The number of rotatable bonds is 3. The van der Waals surface area contributed by atoms with E-state index < -0.39 is 0 Å². The van der Waals surface area contributed by atoms with E-state index in [1.54, 1.807) is 23.1 Å². The Hall–Kier alpha value is -1.01. The third kappa shape index (κ3) is 3.97. The first-order chi connectivity index (χ1) is 11.0. The van der Waals surface area contributed by atoms with Crippen LogP contribution in [0, 0.1) is 11.8 Å². The molecule has 0 aromatic heterocycles. The molecule has 2 heterocycles. The number of hydrogen-bond acceptors (Lipinski definition) is 3. The van der Waals surface area contributed by atoms with Gasteiger partial charge in [-0.15, -0.1) is 12.4 Å². The van der Waals surface area contributed by atoms with Crippen molar-refractivity contribution >= 4 is 53.1 Å². The summed E-state index contributed by atoms with van der Waals surface area (Å²) in [6.07, 6.45) is 1.17. The van der Waals surface area contributed by atoms with Crippen molar-refractivity contribution in [1.29, 1.82) is 0 Å². The second-order valence-corrected chi connectivity index (χ2v) is 7.08. The Bertz CT molecular complexity index is 621. The number of amides is 2. The predicted molar refractivity (Wildman–Crippen MR) is 97.9 cm³/mol. The monoisotopic (exact) mass is 391 g/mol. The summed E-state index contributed by atoms with van der Waals surface area (Å²) < 4.78 is 0. The van der Waals surface area contributed by atoms with Crippen LogP contribution >= 0.6 is 35.6 Å². The maximum atomic E-state index is 12.6. The summed E-state index contributed by atoms with van der Waals surface area (Å²) in [4.78, 5) is 28.3. The number of hydrogen-bond donors (Lipinski definition) is 1. The Morgan fingerprint density at radius 3 is 2.46 bits per heavy atom. The summed E-state index contributed by atoms with van der Waals surface area (Å²) in [7, 11) is 0. The van der Waals surface area contributed by atoms with Gasteiger partial charge in [0.2, 0.25) is 11.8 Å². The molecule has 2 aliphatic heterocycles. The lowest BCUT2D eigenvalue weighted by Gasteiger charge is -2.21. The molecule has 1 aromatic carbocycles. The van der Waals surface area contributed by atoms with Crippen molar-refractivity contribution in [2.45, 2.75) is 12.8 Å². The molecule has 132 valence electrons. The van der Waals surface area contributed by atoms with Gasteiger partial charge in [0.1, 0.15) is 0 Å². The second-order valence-electron chi connectivity index (χ2n) is 6.21. The summed E-state index contributed by atoms with van der Waals surface area (Å²) in [5, 5.41) is 0.945. The van der Waals surface area contributed by atoms with Crippen molar-refractivity contribution in [3.8, 4) is 0 Å². The number of carbonyl (C=O) groups excluding carboxylic acids is 2. The fourth-order valence-corrected chi connectivity index (χ4v) is 3.82. The van der Waals surface area contributed by atoms with E-state index in [1.807, 2.05) is 4.90 Å². The van der Waals surface area contributed by atoms with E-state index in [2.05, 4.69) is 0 Å². The molecular weight excluding hydrogens is 373 g/mol.